The summed E-state index contributed by atoms with van der Waals surface area (Å²) in [6, 6.07) is 18.9. The molecule has 0 aromatic heterocycles. The average Bonchev–Trinajstić information content (AvgIpc) is 2.99. The van der Waals surface area contributed by atoms with Crippen LogP contribution in [0.25, 0.3) is 0 Å². The minimum Gasteiger partial charge on any atom is -0.493 e. The van der Waals surface area contributed by atoms with E-state index in [-0.39, 0.29) is 31.9 Å². The van der Waals surface area contributed by atoms with E-state index in [0.29, 0.717) is 27.8 Å². The van der Waals surface area contributed by atoms with Crippen molar-refractivity contribution >= 4 is 29.4 Å². The molecule has 0 spiro atoms. The number of halogens is 1. The highest BCUT2D eigenvalue weighted by Crippen LogP contribution is 2.31. The minimum absolute atomic E-state index is 0.0112. The molecule has 9 heteroatoms. The van der Waals surface area contributed by atoms with E-state index >= 15 is 0 Å². The average molecular weight is 496 g/mol. The van der Waals surface area contributed by atoms with Crippen LogP contribution in [-0.2, 0) is 27.5 Å². The molecule has 2 amide bonds. The summed E-state index contributed by atoms with van der Waals surface area (Å²) >= 11 is 6.02. The highest BCUT2D eigenvalue weighted by molar-refractivity contribution is 6.31. The summed E-state index contributed by atoms with van der Waals surface area (Å²) in [5.74, 6) is -0.559. The van der Waals surface area contributed by atoms with Gasteiger partial charge < -0.3 is 18.9 Å². The lowest BCUT2D eigenvalue weighted by Gasteiger charge is -2.19. The van der Waals surface area contributed by atoms with E-state index in [2.05, 4.69) is 0 Å². The smallest absolute Gasteiger partial charge is 0.344 e. The molecule has 180 valence electrons. The number of benzene rings is 3. The zero-order chi connectivity index (χ0) is 24.8. The molecule has 0 radical (unpaired) electrons. The molecular weight excluding hydrogens is 474 g/mol. The number of imide groups is 1. The van der Waals surface area contributed by atoms with E-state index < -0.39 is 17.8 Å². The fourth-order valence-corrected chi connectivity index (χ4v) is 3.63. The van der Waals surface area contributed by atoms with Gasteiger partial charge in [-0.05, 0) is 41.5 Å². The van der Waals surface area contributed by atoms with Gasteiger partial charge in [-0.25, -0.2) is 4.79 Å². The third kappa shape index (κ3) is 5.91. The quantitative estimate of drug-likeness (QED) is 0.344. The molecule has 35 heavy (non-hydrogen) atoms. The first-order valence-electron chi connectivity index (χ1n) is 10.7. The largest absolute Gasteiger partial charge is 0.493 e. The van der Waals surface area contributed by atoms with Gasteiger partial charge in [0.15, 0.2) is 24.7 Å². The number of ether oxygens (including phenoxy) is 4. The first-order valence-corrected chi connectivity index (χ1v) is 11.1. The van der Waals surface area contributed by atoms with Gasteiger partial charge in [-0.3, -0.25) is 14.5 Å². The molecule has 0 fully saturated rings. The fourth-order valence-electron chi connectivity index (χ4n) is 3.46. The number of hydrogen-bond acceptors (Lipinski definition) is 7. The van der Waals surface area contributed by atoms with Gasteiger partial charge in [-0.1, -0.05) is 48.0 Å². The molecule has 0 saturated carbocycles. The molecule has 1 aliphatic rings. The van der Waals surface area contributed by atoms with E-state index in [1.807, 2.05) is 30.3 Å². The van der Waals surface area contributed by atoms with Crippen molar-refractivity contribution < 1.29 is 33.3 Å². The van der Waals surface area contributed by atoms with Crippen LogP contribution in [0.15, 0.2) is 66.7 Å². The summed E-state index contributed by atoms with van der Waals surface area (Å²) in [5, 5.41) is 0.362. The molecule has 0 atom stereocenters. The van der Waals surface area contributed by atoms with Gasteiger partial charge in [0.2, 0.25) is 0 Å². The topological polar surface area (TPSA) is 91.4 Å². The third-order valence-electron chi connectivity index (χ3n) is 5.23. The van der Waals surface area contributed by atoms with Crippen molar-refractivity contribution in [3.8, 4) is 17.2 Å². The minimum atomic E-state index is -0.530. The second-order valence-electron chi connectivity index (χ2n) is 7.63. The summed E-state index contributed by atoms with van der Waals surface area (Å²) in [6.07, 6.45) is 0. The van der Waals surface area contributed by atoms with E-state index in [0.717, 1.165) is 10.5 Å². The molecule has 4 rings (SSSR count). The van der Waals surface area contributed by atoms with Crippen LogP contribution in [0.4, 0.5) is 0 Å². The highest BCUT2D eigenvalue weighted by Gasteiger charge is 2.30. The Kier molecular flexibility index (Phi) is 7.52. The second-order valence-corrected chi connectivity index (χ2v) is 8.07. The predicted molar refractivity (Wildman–Crippen MR) is 127 cm³/mol. The molecule has 8 nitrogen and oxygen atoms in total. The Morgan fingerprint density at radius 1 is 1.00 bits per heavy atom. The standard InChI is InChI=1S/C26H22ClNO7/c1-32-23-11-18(7-9-22(23)34-16-25(30)35-14-17-5-3-2-4-6-17)13-28-24(29)15-33-21-10-8-19(27)12-20(21)26(28)31/h2-12H,13-16H2,1H3. The number of carbonyl (C=O) groups excluding carboxylic acids is 3. The highest BCUT2D eigenvalue weighted by atomic mass is 35.5. The first kappa shape index (κ1) is 24.1. The van der Waals surface area contributed by atoms with Crippen LogP contribution in [0.5, 0.6) is 17.2 Å². The van der Waals surface area contributed by atoms with Gasteiger partial charge in [0.05, 0.1) is 19.2 Å². The lowest BCUT2D eigenvalue weighted by atomic mass is 10.1. The maximum atomic E-state index is 13.0. The summed E-state index contributed by atoms with van der Waals surface area (Å²) in [5.41, 5.74) is 1.70. The fraction of sp³-hybridized carbons (Fsp3) is 0.192. The van der Waals surface area contributed by atoms with E-state index in [4.69, 9.17) is 30.5 Å². The molecule has 3 aromatic rings. The number of fused-ring (bicyclic) bond motifs is 1. The maximum absolute atomic E-state index is 13.0. The molecule has 0 bridgehead atoms. The second kappa shape index (κ2) is 10.9. The number of methoxy groups -OCH3 is 1. The van der Waals surface area contributed by atoms with Crippen molar-refractivity contribution in [2.45, 2.75) is 13.2 Å². The number of amides is 2. The normalized spacial score (nSPS) is 12.9. The van der Waals surface area contributed by atoms with Crippen molar-refractivity contribution in [3.05, 3.63) is 88.4 Å². The number of hydrogen-bond donors (Lipinski definition) is 0. The Morgan fingerprint density at radius 2 is 1.80 bits per heavy atom. The summed E-state index contributed by atoms with van der Waals surface area (Å²) in [7, 11) is 1.45. The van der Waals surface area contributed by atoms with Gasteiger partial charge in [0.25, 0.3) is 11.8 Å². The third-order valence-corrected chi connectivity index (χ3v) is 5.46. The molecule has 0 aliphatic carbocycles. The van der Waals surface area contributed by atoms with Crippen LogP contribution in [0.3, 0.4) is 0 Å². The Bertz CT molecular complexity index is 1250. The van der Waals surface area contributed by atoms with Crippen molar-refractivity contribution in [2.24, 2.45) is 0 Å². The molecule has 1 heterocycles. The van der Waals surface area contributed by atoms with Gasteiger partial charge >= 0.3 is 5.97 Å². The van der Waals surface area contributed by atoms with E-state index in [9.17, 15) is 14.4 Å². The Labute approximate surface area is 206 Å². The predicted octanol–water partition coefficient (Wildman–Crippen LogP) is 4.03. The summed E-state index contributed by atoms with van der Waals surface area (Å²) in [4.78, 5) is 38.8. The molecule has 0 saturated heterocycles. The molecule has 3 aromatic carbocycles. The number of nitrogens with zero attached hydrogens (tertiary/aromatic N) is 1. The molecule has 1 aliphatic heterocycles. The number of rotatable bonds is 8. The Morgan fingerprint density at radius 3 is 2.57 bits per heavy atom. The van der Waals surface area contributed by atoms with Crippen LogP contribution in [0, 0.1) is 0 Å². The SMILES string of the molecule is COc1cc(CN2C(=O)COc3ccc(Cl)cc3C2=O)ccc1OCC(=O)OCc1ccccc1. The zero-order valence-corrected chi connectivity index (χ0v) is 19.6. The van der Waals surface area contributed by atoms with Crippen molar-refractivity contribution in [2.75, 3.05) is 20.3 Å². The van der Waals surface area contributed by atoms with Crippen LogP contribution in [0.1, 0.15) is 21.5 Å². The van der Waals surface area contributed by atoms with Gasteiger partial charge in [-0.2, -0.15) is 0 Å². The molecular formula is C26H22ClNO7. The zero-order valence-electron chi connectivity index (χ0n) is 18.9. The first-order chi connectivity index (χ1) is 16.9. The lowest BCUT2D eigenvalue weighted by Crippen LogP contribution is -2.37. The van der Waals surface area contributed by atoms with Crippen LogP contribution in [0.2, 0.25) is 5.02 Å². The van der Waals surface area contributed by atoms with Gasteiger partial charge in [0.1, 0.15) is 12.4 Å². The van der Waals surface area contributed by atoms with Crippen LogP contribution >= 0.6 is 11.6 Å². The van der Waals surface area contributed by atoms with Crippen molar-refractivity contribution in [1.82, 2.24) is 4.90 Å². The lowest BCUT2D eigenvalue weighted by molar-refractivity contribution is -0.147. The Balaban J connectivity index is 1.41. The van der Waals surface area contributed by atoms with Gasteiger partial charge in [-0.15, -0.1) is 0 Å². The monoisotopic (exact) mass is 495 g/mol. The van der Waals surface area contributed by atoms with Crippen molar-refractivity contribution in [1.29, 1.82) is 0 Å². The van der Waals surface area contributed by atoms with Gasteiger partial charge in [0, 0.05) is 5.02 Å². The van der Waals surface area contributed by atoms with Crippen molar-refractivity contribution in [3.63, 3.8) is 0 Å². The van der Waals surface area contributed by atoms with E-state index in [1.54, 1.807) is 30.3 Å². The molecule has 0 unspecified atom stereocenters. The van der Waals surface area contributed by atoms with E-state index in [1.165, 1.54) is 13.2 Å². The maximum Gasteiger partial charge on any atom is 0.344 e. The molecule has 0 N–H and O–H groups in total. The summed E-state index contributed by atoms with van der Waals surface area (Å²) in [6.45, 7) is -0.442. The van der Waals surface area contributed by atoms with Crippen LogP contribution < -0.4 is 14.2 Å². The number of carbonyl (C=O) groups is 3. The summed E-state index contributed by atoms with van der Waals surface area (Å²) < 4.78 is 21.6. The number of esters is 1. The Hall–Kier alpha value is -4.04. The van der Waals surface area contributed by atoms with Crippen LogP contribution in [-0.4, -0.2) is 43.0 Å².